The average molecular weight is 194 g/mol. The predicted molar refractivity (Wildman–Crippen MR) is 52.5 cm³/mol. The van der Waals surface area contributed by atoms with E-state index in [2.05, 4.69) is 0 Å². The van der Waals surface area contributed by atoms with Crippen LogP contribution in [0.1, 0.15) is 43.8 Å². The smallest absolute Gasteiger partial charge is 0.339 e. The number of hydrogen-bond acceptors (Lipinski definition) is 3. The van der Waals surface area contributed by atoms with Crippen molar-refractivity contribution in [1.82, 2.24) is 0 Å². The summed E-state index contributed by atoms with van der Waals surface area (Å²) in [5.74, 6) is 0.986. The molecule has 1 aliphatic carbocycles. The second-order valence-corrected chi connectivity index (χ2v) is 3.87. The first-order chi connectivity index (χ1) is 6.75. The van der Waals surface area contributed by atoms with Crippen LogP contribution in [0.2, 0.25) is 0 Å². The van der Waals surface area contributed by atoms with Crippen LogP contribution in [0.3, 0.4) is 0 Å². The van der Waals surface area contributed by atoms with E-state index in [1.54, 1.807) is 6.07 Å². The molecule has 14 heavy (non-hydrogen) atoms. The van der Waals surface area contributed by atoms with Crippen molar-refractivity contribution in [1.29, 1.82) is 0 Å². The molecule has 0 aliphatic heterocycles. The molecule has 0 amide bonds. The minimum Gasteiger partial charge on any atom is -0.508 e. The van der Waals surface area contributed by atoms with Gasteiger partial charge in [0, 0.05) is 12.0 Å². The van der Waals surface area contributed by atoms with Crippen molar-refractivity contribution in [2.24, 2.45) is 0 Å². The lowest BCUT2D eigenvalue weighted by atomic mass is 9.87. The fourth-order valence-electron chi connectivity index (χ4n) is 2.07. The lowest BCUT2D eigenvalue weighted by Crippen LogP contribution is -2.07. The van der Waals surface area contributed by atoms with Crippen LogP contribution >= 0.6 is 0 Å². The van der Waals surface area contributed by atoms with E-state index in [9.17, 15) is 9.90 Å². The van der Waals surface area contributed by atoms with Gasteiger partial charge in [-0.1, -0.05) is 19.3 Å². The lowest BCUT2D eigenvalue weighted by molar-refractivity contribution is 0.347. The van der Waals surface area contributed by atoms with Gasteiger partial charge in [0.2, 0.25) is 0 Å². The minimum absolute atomic E-state index is 0.0156. The van der Waals surface area contributed by atoms with Gasteiger partial charge in [-0.05, 0) is 12.8 Å². The molecule has 0 unspecified atom stereocenters. The van der Waals surface area contributed by atoms with Crippen LogP contribution in [0.4, 0.5) is 0 Å². The van der Waals surface area contributed by atoms with Gasteiger partial charge in [0.15, 0.2) is 0 Å². The highest BCUT2D eigenvalue weighted by molar-refractivity contribution is 5.20. The normalized spacial score (nSPS) is 18.3. The summed E-state index contributed by atoms with van der Waals surface area (Å²) >= 11 is 0. The van der Waals surface area contributed by atoms with Crippen LogP contribution < -0.4 is 5.63 Å². The summed E-state index contributed by atoms with van der Waals surface area (Å²) in [5, 5.41) is 9.26. The number of aromatic hydroxyl groups is 1. The van der Waals surface area contributed by atoms with E-state index in [1.807, 2.05) is 0 Å². The van der Waals surface area contributed by atoms with Gasteiger partial charge >= 0.3 is 5.63 Å². The van der Waals surface area contributed by atoms with Gasteiger partial charge in [-0.2, -0.15) is 0 Å². The summed E-state index contributed by atoms with van der Waals surface area (Å²) in [6.45, 7) is 0. The number of hydrogen-bond donors (Lipinski definition) is 1. The fourth-order valence-corrected chi connectivity index (χ4v) is 2.07. The standard InChI is InChI=1S/C11H14O3/c12-9-6-10(14-11(13)7-9)8-4-2-1-3-5-8/h6-8,12H,1-5H2. The first-order valence-corrected chi connectivity index (χ1v) is 5.10. The fraction of sp³-hybridized carbons (Fsp3) is 0.545. The third-order valence-corrected chi connectivity index (χ3v) is 2.78. The van der Waals surface area contributed by atoms with E-state index in [1.165, 1.54) is 19.3 Å². The second kappa shape index (κ2) is 3.86. The maximum Gasteiger partial charge on any atom is 0.339 e. The van der Waals surface area contributed by atoms with E-state index in [4.69, 9.17) is 4.42 Å². The van der Waals surface area contributed by atoms with Crippen LogP contribution in [-0.4, -0.2) is 5.11 Å². The zero-order valence-electron chi connectivity index (χ0n) is 8.03. The largest absolute Gasteiger partial charge is 0.508 e. The minimum atomic E-state index is -0.453. The van der Waals surface area contributed by atoms with E-state index in [0.717, 1.165) is 18.9 Å². The predicted octanol–water partition coefficient (Wildman–Crippen LogP) is 2.39. The molecule has 0 atom stereocenters. The molecule has 0 bridgehead atoms. The lowest BCUT2D eigenvalue weighted by Gasteiger charge is -2.19. The van der Waals surface area contributed by atoms with Gasteiger partial charge in [-0.25, -0.2) is 4.79 Å². The van der Waals surface area contributed by atoms with Crippen LogP contribution in [0.5, 0.6) is 5.75 Å². The molecule has 3 nitrogen and oxygen atoms in total. The van der Waals surface area contributed by atoms with E-state index < -0.39 is 5.63 Å². The molecule has 1 aromatic rings. The Hall–Kier alpha value is -1.25. The Bertz CT molecular complexity index is 361. The van der Waals surface area contributed by atoms with Crippen molar-refractivity contribution in [3.05, 3.63) is 28.3 Å². The maximum atomic E-state index is 11.0. The molecule has 1 N–H and O–H groups in total. The first kappa shape index (κ1) is 9.31. The molecule has 1 aliphatic rings. The van der Waals surface area contributed by atoms with Gasteiger partial charge in [0.25, 0.3) is 0 Å². The van der Waals surface area contributed by atoms with Crippen molar-refractivity contribution in [3.63, 3.8) is 0 Å². The third-order valence-electron chi connectivity index (χ3n) is 2.78. The monoisotopic (exact) mass is 194 g/mol. The van der Waals surface area contributed by atoms with Crippen LogP contribution in [0.15, 0.2) is 21.3 Å². The van der Waals surface area contributed by atoms with Crippen LogP contribution in [0.25, 0.3) is 0 Å². The summed E-state index contributed by atoms with van der Waals surface area (Å²) in [6, 6.07) is 2.67. The molecule has 0 spiro atoms. The second-order valence-electron chi connectivity index (χ2n) is 3.87. The molecular weight excluding hydrogens is 180 g/mol. The summed E-state index contributed by atoms with van der Waals surface area (Å²) < 4.78 is 5.08. The summed E-state index contributed by atoms with van der Waals surface area (Å²) in [7, 11) is 0. The van der Waals surface area contributed by atoms with E-state index >= 15 is 0 Å². The van der Waals surface area contributed by atoms with Crippen LogP contribution in [-0.2, 0) is 0 Å². The van der Waals surface area contributed by atoms with Crippen molar-refractivity contribution in [2.75, 3.05) is 0 Å². The molecule has 1 fully saturated rings. The molecule has 1 aromatic heterocycles. The summed E-state index contributed by atoms with van der Waals surface area (Å²) in [5.41, 5.74) is -0.453. The first-order valence-electron chi connectivity index (χ1n) is 5.10. The highest BCUT2D eigenvalue weighted by atomic mass is 16.4. The molecular formula is C11H14O3. The topological polar surface area (TPSA) is 50.4 Å². The Kier molecular flexibility index (Phi) is 2.57. The summed E-state index contributed by atoms with van der Waals surface area (Å²) in [6.07, 6.45) is 5.76. The Labute approximate surface area is 82.4 Å². The number of rotatable bonds is 1. The Balaban J connectivity index is 2.26. The molecule has 3 heteroatoms. The molecule has 0 radical (unpaired) electrons. The Morgan fingerprint density at radius 1 is 1.21 bits per heavy atom. The molecule has 0 saturated heterocycles. The van der Waals surface area contributed by atoms with Gasteiger partial charge < -0.3 is 9.52 Å². The van der Waals surface area contributed by atoms with Crippen molar-refractivity contribution < 1.29 is 9.52 Å². The third kappa shape index (κ3) is 1.97. The van der Waals surface area contributed by atoms with Crippen molar-refractivity contribution >= 4 is 0 Å². The zero-order chi connectivity index (χ0) is 9.97. The van der Waals surface area contributed by atoms with Gasteiger partial charge in [0.05, 0.1) is 6.07 Å². The SMILES string of the molecule is O=c1cc(O)cc(C2CCCCC2)o1. The molecule has 1 saturated carbocycles. The Morgan fingerprint density at radius 2 is 1.93 bits per heavy atom. The quantitative estimate of drug-likeness (QED) is 0.746. The summed E-state index contributed by atoms with van der Waals surface area (Å²) in [4.78, 5) is 11.0. The highest BCUT2D eigenvalue weighted by Gasteiger charge is 2.18. The zero-order valence-corrected chi connectivity index (χ0v) is 8.03. The van der Waals surface area contributed by atoms with Gasteiger partial charge in [0.1, 0.15) is 11.5 Å². The Morgan fingerprint density at radius 3 is 2.57 bits per heavy atom. The van der Waals surface area contributed by atoms with Gasteiger partial charge in [-0.3, -0.25) is 0 Å². The van der Waals surface area contributed by atoms with Crippen molar-refractivity contribution in [2.45, 2.75) is 38.0 Å². The molecule has 76 valence electrons. The molecule has 1 heterocycles. The molecule has 0 aromatic carbocycles. The van der Waals surface area contributed by atoms with E-state index in [0.29, 0.717) is 11.7 Å². The maximum absolute atomic E-state index is 11.0. The average Bonchev–Trinajstić information content (AvgIpc) is 2.18. The van der Waals surface area contributed by atoms with Gasteiger partial charge in [-0.15, -0.1) is 0 Å². The van der Waals surface area contributed by atoms with Crippen LogP contribution in [0, 0.1) is 0 Å². The van der Waals surface area contributed by atoms with E-state index in [-0.39, 0.29) is 5.75 Å². The highest BCUT2D eigenvalue weighted by Crippen LogP contribution is 2.32. The molecule has 2 rings (SSSR count). The van der Waals surface area contributed by atoms with Crippen molar-refractivity contribution in [3.8, 4) is 5.75 Å².